The van der Waals surface area contributed by atoms with Crippen LogP contribution in [0.4, 0.5) is 0 Å². The maximum atomic E-state index is 5.13. The molecule has 2 heteroatoms. The molecule has 0 aliphatic heterocycles. The van der Waals surface area contributed by atoms with Gasteiger partial charge in [-0.05, 0) is 39.3 Å². The van der Waals surface area contributed by atoms with Crippen molar-refractivity contribution in [2.75, 3.05) is 20.2 Å². The van der Waals surface area contributed by atoms with Crippen molar-refractivity contribution in [3.8, 4) is 0 Å². The zero-order valence-corrected chi connectivity index (χ0v) is 8.02. The van der Waals surface area contributed by atoms with E-state index >= 15 is 0 Å². The molecule has 0 radical (unpaired) electrons. The van der Waals surface area contributed by atoms with Gasteiger partial charge in [0, 0.05) is 7.11 Å². The van der Waals surface area contributed by atoms with Gasteiger partial charge in [0.2, 0.25) is 0 Å². The van der Waals surface area contributed by atoms with E-state index in [0.29, 0.717) is 6.10 Å². The third kappa shape index (κ3) is 7.82. The van der Waals surface area contributed by atoms with Crippen molar-refractivity contribution in [3.05, 3.63) is 0 Å². The van der Waals surface area contributed by atoms with Crippen LogP contribution in [0.5, 0.6) is 0 Å². The molecule has 68 valence electrons. The number of methoxy groups -OCH3 is 1. The second-order valence-electron chi connectivity index (χ2n) is 2.94. The average molecular weight is 159 g/mol. The highest BCUT2D eigenvalue weighted by Gasteiger charge is 1.96. The summed E-state index contributed by atoms with van der Waals surface area (Å²) in [4.78, 5) is 0. The van der Waals surface area contributed by atoms with Gasteiger partial charge >= 0.3 is 0 Å². The number of ether oxygens (including phenoxy) is 1. The van der Waals surface area contributed by atoms with Gasteiger partial charge in [-0.3, -0.25) is 0 Å². The zero-order valence-electron chi connectivity index (χ0n) is 8.02. The van der Waals surface area contributed by atoms with Crippen LogP contribution in [-0.2, 0) is 4.74 Å². The molecular weight excluding hydrogens is 138 g/mol. The molecule has 0 saturated heterocycles. The van der Waals surface area contributed by atoms with Crippen LogP contribution in [0, 0.1) is 0 Å². The lowest BCUT2D eigenvalue weighted by atomic mass is 10.2. The van der Waals surface area contributed by atoms with E-state index in [1.807, 2.05) is 0 Å². The molecule has 0 aromatic heterocycles. The van der Waals surface area contributed by atoms with Gasteiger partial charge in [0.15, 0.2) is 0 Å². The van der Waals surface area contributed by atoms with E-state index in [4.69, 9.17) is 4.74 Å². The molecule has 0 spiro atoms. The Labute approximate surface area is 70.3 Å². The predicted molar refractivity (Wildman–Crippen MR) is 48.9 cm³/mol. The van der Waals surface area contributed by atoms with Crippen molar-refractivity contribution < 1.29 is 4.74 Å². The standard InChI is InChI=1S/C9H21NO/c1-4-7-10-8-5-6-9(2)11-3/h9-10H,4-8H2,1-3H3. The predicted octanol–water partition coefficient (Wildman–Crippen LogP) is 1.80. The topological polar surface area (TPSA) is 21.3 Å². The second-order valence-corrected chi connectivity index (χ2v) is 2.94. The molecule has 0 aliphatic rings. The molecule has 2 nitrogen and oxygen atoms in total. The van der Waals surface area contributed by atoms with Gasteiger partial charge in [0.25, 0.3) is 0 Å². The Morgan fingerprint density at radius 2 is 2.09 bits per heavy atom. The zero-order chi connectivity index (χ0) is 8.53. The molecule has 1 atom stereocenters. The van der Waals surface area contributed by atoms with E-state index < -0.39 is 0 Å². The molecular formula is C9H21NO. The van der Waals surface area contributed by atoms with E-state index in [-0.39, 0.29) is 0 Å². The lowest BCUT2D eigenvalue weighted by molar-refractivity contribution is 0.109. The van der Waals surface area contributed by atoms with Gasteiger partial charge < -0.3 is 10.1 Å². The third-order valence-corrected chi connectivity index (χ3v) is 1.79. The SMILES string of the molecule is CCCNCCCC(C)OC. The molecule has 0 aliphatic carbocycles. The maximum absolute atomic E-state index is 5.13. The smallest absolute Gasteiger partial charge is 0.0543 e. The Bertz CT molecular complexity index is 76.0. The summed E-state index contributed by atoms with van der Waals surface area (Å²) in [6.07, 6.45) is 4.01. The summed E-state index contributed by atoms with van der Waals surface area (Å²) in [5, 5.41) is 3.36. The first-order valence-corrected chi connectivity index (χ1v) is 4.54. The lowest BCUT2D eigenvalue weighted by Gasteiger charge is -2.08. The van der Waals surface area contributed by atoms with E-state index in [9.17, 15) is 0 Å². The summed E-state index contributed by atoms with van der Waals surface area (Å²) in [5.74, 6) is 0. The molecule has 11 heavy (non-hydrogen) atoms. The summed E-state index contributed by atoms with van der Waals surface area (Å²) in [5.41, 5.74) is 0. The van der Waals surface area contributed by atoms with Crippen LogP contribution < -0.4 is 5.32 Å². The van der Waals surface area contributed by atoms with Crippen LogP contribution in [0.2, 0.25) is 0 Å². The van der Waals surface area contributed by atoms with Crippen molar-refractivity contribution in [2.24, 2.45) is 0 Å². The molecule has 0 fully saturated rings. The quantitative estimate of drug-likeness (QED) is 0.572. The van der Waals surface area contributed by atoms with Crippen molar-refractivity contribution in [1.29, 1.82) is 0 Å². The minimum atomic E-state index is 0.415. The van der Waals surface area contributed by atoms with Crippen LogP contribution in [0.1, 0.15) is 33.1 Å². The monoisotopic (exact) mass is 159 g/mol. The first kappa shape index (κ1) is 10.9. The van der Waals surface area contributed by atoms with E-state index in [0.717, 1.165) is 19.5 Å². The second kappa shape index (κ2) is 8.02. The normalized spacial score (nSPS) is 13.4. The molecule has 0 saturated carbocycles. The van der Waals surface area contributed by atoms with E-state index in [1.54, 1.807) is 7.11 Å². The molecule has 1 unspecified atom stereocenters. The van der Waals surface area contributed by atoms with Crippen LogP contribution in [0.15, 0.2) is 0 Å². The van der Waals surface area contributed by atoms with Crippen molar-refractivity contribution in [2.45, 2.75) is 39.2 Å². The number of nitrogens with one attached hydrogen (secondary N) is 1. The summed E-state index contributed by atoms with van der Waals surface area (Å²) < 4.78 is 5.13. The van der Waals surface area contributed by atoms with Crippen LogP contribution in [0.25, 0.3) is 0 Å². The highest BCUT2D eigenvalue weighted by Crippen LogP contribution is 1.97. The average Bonchev–Trinajstić information content (AvgIpc) is 2.04. The van der Waals surface area contributed by atoms with E-state index in [2.05, 4.69) is 19.2 Å². The molecule has 0 bridgehead atoms. The summed E-state index contributed by atoms with van der Waals surface area (Å²) >= 11 is 0. The van der Waals surface area contributed by atoms with Crippen molar-refractivity contribution in [3.63, 3.8) is 0 Å². The molecule has 0 aromatic rings. The Morgan fingerprint density at radius 1 is 1.36 bits per heavy atom. The fourth-order valence-electron chi connectivity index (χ4n) is 0.934. The van der Waals surface area contributed by atoms with Crippen LogP contribution >= 0.6 is 0 Å². The van der Waals surface area contributed by atoms with Gasteiger partial charge in [0.05, 0.1) is 6.10 Å². The van der Waals surface area contributed by atoms with Gasteiger partial charge in [-0.25, -0.2) is 0 Å². The number of hydrogen-bond donors (Lipinski definition) is 1. The molecule has 0 aromatic carbocycles. The first-order chi connectivity index (χ1) is 5.31. The number of hydrogen-bond acceptors (Lipinski definition) is 2. The Kier molecular flexibility index (Phi) is 7.96. The summed E-state index contributed by atoms with van der Waals surface area (Å²) in [6.45, 7) is 6.56. The molecule has 0 rings (SSSR count). The fourth-order valence-corrected chi connectivity index (χ4v) is 0.934. The van der Waals surface area contributed by atoms with Crippen molar-refractivity contribution in [1.82, 2.24) is 5.32 Å². The Hall–Kier alpha value is -0.0800. The molecule has 0 heterocycles. The maximum Gasteiger partial charge on any atom is 0.0543 e. The molecule has 0 amide bonds. The van der Waals surface area contributed by atoms with Crippen molar-refractivity contribution >= 4 is 0 Å². The van der Waals surface area contributed by atoms with E-state index in [1.165, 1.54) is 12.8 Å². The summed E-state index contributed by atoms with van der Waals surface area (Å²) in [7, 11) is 1.77. The fraction of sp³-hybridized carbons (Fsp3) is 1.00. The minimum absolute atomic E-state index is 0.415. The van der Waals surface area contributed by atoms with Gasteiger partial charge in [0.1, 0.15) is 0 Å². The van der Waals surface area contributed by atoms with Gasteiger partial charge in [-0.15, -0.1) is 0 Å². The lowest BCUT2D eigenvalue weighted by Crippen LogP contribution is -2.17. The largest absolute Gasteiger partial charge is 0.382 e. The molecule has 1 N–H and O–H groups in total. The third-order valence-electron chi connectivity index (χ3n) is 1.79. The van der Waals surface area contributed by atoms with Gasteiger partial charge in [-0.1, -0.05) is 6.92 Å². The van der Waals surface area contributed by atoms with Crippen LogP contribution in [-0.4, -0.2) is 26.3 Å². The highest BCUT2D eigenvalue weighted by atomic mass is 16.5. The van der Waals surface area contributed by atoms with Gasteiger partial charge in [-0.2, -0.15) is 0 Å². The Balaban J connectivity index is 2.89. The minimum Gasteiger partial charge on any atom is -0.382 e. The summed E-state index contributed by atoms with van der Waals surface area (Å²) in [6, 6.07) is 0. The highest BCUT2D eigenvalue weighted by molar-refractivity contribution is 4.52. The van der Waals surface area contributed by atoms with Crippen LogP contribution in [0.3, 0.4) is 0 Å². The Morgan fingerprint density at radius 3 is 2.64 bits per heavy atom. The number of rotatable bonds is 7. The first-order valence-electron chi connectivity index (χ1n) is 4.54.